The van der Waals surface area contributed by atoms with E-state index in [4.69, 9.17) is 0 Å². The van der Waals surface area contributed by atoms with Gasteiger partial charge in [0.2, 0.25) is 5.91 Å². The van der Waals surface area contributed by atoms with Crippen molar-refractivity contribution in [2.24, 2.45) is 17.8 Å². The predicted octanol–water partition coefficient (Wildman–Crippen LogP) is 2.41. The standard InChI is InChI=1S/C16H28N2O/c1-11(16-10-13-3-4-14(16)9-13)17-15-5-7-18(8-6-15)12(2)19/h11,13-17H,3-10H2,1-2H3. The molecule has 0 aromatic carbocycles. The summed E-state index contributed by atoms with van der Waals surface area (Å²) in [4.78, 5) is 13.3. The molecule has 108 valence electrons. The largest absolute Gasteiger partial charge is 0.343 e. The number of hydrogen-bond acceptors (Lipinski definition) is 2. The van der Waals surface area contributed by atoms with E-state index in [1.165, 1.54) is 25.7 Å². The van der Waals surface area contributed by atoms with Gasteiger partial charge in [0, 0.05) is 32.1 Å². The van der Waals surface area contributed by atoms with Crippen molar-refractivity contribution in [3.63, 3.8) is 0 Å². The minimum atomic E-state index is 0.236. The molecule has 1 saturated heterocycles. The van der Waals surface area contributed by atoms with Gasteiger partial charge in [0.15, 0.2) is 0 Å². The number of likely N-dealkylation sites (tertiary alicyclic amines) is 1. The second-order valence-electron chi connectivity index (χ2n) is 7.07. The lowest BCUT2D eigenvalue weighted by Crippen LogP contribution is -2.49. The fourth-order valence-corrected chi connectivity index (χ4v) is 4.76. The molecular weight excluding hydrogens is 236 g/mol. The highest BCUT2D eigenvalue weighted by molar-refractivity contribution is 5.73. The first-order valence-electron chi connectivity index (χ1n) is 8.15. The Bertz CT molecular complexity index is 336. The number of nitrogens with one attached hydrogen (secondary N) is 1. The lowest BCUT2D eigenvalue weighted by Gasteiger charge is -2.36. The molecule has 0 aromatic rings. The average Bonchev–Trinajstić information content (AvgIpc) is 3.01. The number of rotatable bonds is 3. The molecule has 3 heteroatoms. The predicted molar refractivity (Wildman–Crippen MR) is 76.8 cm³/mol. The second-order valence-corrected chi connectivity index (χ2v) is 7.07. The number of amides is 1. The molecule has 3 nitrogen and oxygen atoms in total. The van der Waals surface area contributed by atoms with E-state index in [0.717, 1.165) is 43.7 Å². The molecule has 2 bridgehead atoms. The molecule has 0 radical (unpaired) electrons. The molecule has 4 unspecified atom stereocenters. The van der Waals surface area contributed by atoms with Crippen LogP contribution >= 0.6 is 0 Å². The van der Waals surface area contributed by atoms with Crippen molar-refractivity contribution in [1.82, 2.24) is 10.2 Å². The van der Waals surface area contributed by atoms with Crippen molar-refractivity contribution >= 4 is 5.91 Å². The summed E-state index contributed by atoms with van der Waals surface area (Å²) in [6.07, 6.45) is 8.19. The van der Waals surface area contributed by atoms with Gasteiger partial charge in [-0.05, 0) is 56.8 Å². The summed E-state index contributed by atoms with van der Waals surface area (Å²) in [5, 5.41) is 3.87. The van der Waals surface area contributed by atoms with E-state index in [9.17, 15) is 4.79 Å². The van der Waals surface area contributed by atoms with Gasteiger partial charge in [-0.25, -0.2) is 0 Å². The molecule has 3 aliphatic rings. The molecule has 1 aliphatic heterocycles. The summed E-state index contributed by atoms with van der Waals surface area (Å²) in [5.41, 5.74) is 0. The summed E-state index contributed by atoms with van der Waals surface area (Å²) in [5.74, 6) is 3.20. The van der Waals surface area contributed by atoms with Crippen molar-refractivity contribution in [1.29, 1.82) is 0 Å². The zero-order valence-corrected chi connectivity index (χ0v) is 12.4. The zero-order valence-electron chi connectivity index (χ0n) is 12.4. The van der Waals surface area contributed by atoms with E-state index in [1.807, 2.05) is 4.90 Å². The van der Waals surface area contributed by atoms with E-state index in [2.05, 4.69) is 12.2 Å². The fourth-order valence-electron chi connectivity index (χ4n) is 4.76. The Kier molecular flexibility index (Phi) is 3.84. The first kappa shape index (κ1) is 13.4. The Hall–Kier alpha value is -0.570. The van der Waals surface area contributed by atoms with Crippen LogP contribution in [0, 0.1) is 17.8 Å². The van der Waals surface area contributed by atoms with Crippen LogP contribution in [0.3, 0.4) is 0 Å². The molecule has 4 atom stereocenters. The Morgan fingerprint density at radius 2 is 1.89 bits per heavy atom. The minimum absolute atomic E-state index is 0.236. The molecule has 2 aliphatic carbocycles. The molecule has 3 rings (SSSR count). The summed E-state index contributed by atoms with van der Waals surface area (Å²) in [6, 6.07) is 1.30. The van der Waals surface area contributed by atoms with Gasteiger partial charge in [0.25, 0.3) is 0 Å². The molecule has 1 N–H and O–H groups in total. The molecule has 0 aromatic heterocycles. The van der Waals surface area contributed by atoms with Gasteiger partial charge in [0.1, 0.15) is 0 Å². The fraction of sp³-hybridized carbons (Fsp3) is 0.938. The van der Waals surface area contributed by atoms with E-state index in [0.29, 0.717) is 12.1 Å². The summed E-state index contributed by atoms with van der Waals surface area (Å²) < 4.78 is 0. The lowest BCUT2D eigenvalue weighted by molar-refractivity contribution is -0.129. The van der Waals surface area contributed by atoms with Crippen LogP contribution in [-0.2, 0) is 4.79 Å². The molecule has 1 amide bonds. The third-order valence-corrected chi connectivity index (χ3v) is 5.87. The van der Waals surface area contributed by atoms with Crippen molar-refractivity contribution in [3.8, 4) is 0 Å². The Morgan fingerprint density at radius 1 is 1.16 bits per heavy atom. The molecule has 2 saturated carbocycles. The minimum Gasteiger partial charge on any atom is -0.343 e. The third kappa shape index (κ3) is 2.81. The SMILES string of the molecule is CC(=O)N1CCC(NC(C)C2CC3CCC2C3)CC1. The van der Waals surface area contributed by atoms with Crippen molar-refractivity contribution in [3.05, 3.63) is 0 Å². The Morgan fingerprint density at radius 3 is 2.42 bits per heavy atom. The zero-order chi connectivity index (χ0) is 13.4. The summed E-state index contributed by atoms with van der Waals surface area (Å²) in [6.45, 7) is 5.96. The van der Waals surface area contributed by atoms with Crippen LogP contribution in [-0.4, -0.2) is 36.0 Å². The van der Waals surface area contributed by atoms with Gasteiger partial charge in [-0.1, -0.05) is 6.42 Å². The van der Waals surface area contributed by atoms with E-state index < -0.39 is 0 Å². The highest BCUT2D eigenvalue weighted by atomic mass is 16.2. The van der Waals surface area contributed by atoms with E-state index in [-0.39, 0.29) is 5.91 Å². The van der Waals surface area contributed by atoms with Crippen molar-refractivity contribution in [2.75, 3.05) is 13.1 Å². The van der Waals surface area contributed by atoms with Crippen LogP contribution in [0.5, 0.6) is 0 Å². The number of carbonyl (C=O) groups is 1. The van der Waals surface area contributed by atoms with Crippen molar-refractivity contribution in [2.45, 2.75) is 64.5 Å². The molecule has 19 heavy (non-hydrogen) atoms. The maximum Gasteiger partial charge on any atom is 0.219 e. The van der Waals surface area contributed by atoms with Gasteiger partial charge in [0.05, 0.1) is 0 Å². The first-order valence-corrected chi connectivity index (χ1v) is 8.15. The van der Waals surface area contributed by atoms with Crippen LogP contribution in [0.2, 0.25) is 0 Å². The Balaban J connectivity index is 1.46. The quantitative estimate of drug-likeness (QED) is 0.849. The second kappa shape index (κ2) is 5.43. The molecule has 3 fully saturated rings. The molecule has 1 heterocycles. The number of carbonyl (C=O) groups excluding carboxylic acids is 1. The Labute approximate surface area is 117 Å². The van der Waals surface area contributed by atoms with Crippen molar-refractivity contribution < 1.29 is 4.79 Å². The molecule has 0 spiro atoms. The maximum absolute atomic E-state index is 11.3. The topological polar surface area (TPSA) is 32.3 Å². The van der Waals surface area contributed by atoms with Crippen LogP contribution in [0.15, 0.2) is 0 Å². The van der Waals surface area contributed by atoms with Gasteiger partial charge in [-0.2, -0.15) is 0 Å². The number of fused-ring (bicyclic) bond motifs is 2. The van der Waals surface area contributed by atoms with Crippen LogP contribution in [0.1, 0.15) is 52.4 Å². The lowest BCUT2D eigenvalue weighted by atomic mass is 9.83. The highest BCUT2D eigenvalue weighted by Gasteiger charge is 2.42. The average molecular weight is 264 g/mol. The maximum atomic E-state index is 11.3. The highest BCUT2D eigenvalue weighted by Crippen LogP contribution is 2.49. The normalized spacial score (nSPS) is 36.7. The monoisotopic (exact) mass is 264 g/mol. The van der Waals surface area contributed by atoms with Gasteiger partial charge < -0.3 is 10.2 Å². The number of hydrogen-bond donors (Lipinski definition) is 1. The third-order valence-electron chi connectivity index (χ3n) is 5.87. The van der Waals surface area contributed by atoms with Crippen LogP contribution in [0.25, 0.3) is 0 Å². The molecular formula is C16H28N2O. The smallest absolute Gasteiger partial charge is 0.219 e. The summed E-state index contributed by atoms with van der Waals surface area (Å²) >= 11 is 0. The van der Waals surface area contributed by atoms with Crippen LogP contribution in [0.4, 0.5) is 0 Å². The number of nitrogens with zero attached hydrogens (tertiary/aromatic N) is 1. The van der Waals surface area contributed by atoms with Gasteiger partial charge in [-0.15, -0.1) is 0 Å². The van der Waals surface area contributed by atoms with E-state index in [1.54, 1.807) is 6.92 Å². The van der Waals surface area contributed by atoms with Gasteiger partial charge >= 0.3 is 0 Å². The first-order chi connectivity index (χ1) is 9.13. The summed E-state index contributed by atoms with van der Waals surface area (Å²) in [7, 11) is 0. The van der Waals surface area contributed by atoms with E-state index >= 15 is 0 Å². The van der Waals surface area contributed by atoms with Gasteiger partial charge in [-0.3, -0.25) is 4.79 Å². The van der Waals surface area contributed by atoms with Crippen LogP contribution < -0.4 is 5.32 Å². The number of piperidine rings is 1.